The molecule has 0 radical (unpaired) electrons. The molecule has 0 aliphatic rings. The molecule has 5 nitrogen and oxygen atoms in total. The predicted octanol–water partition coefficient (Wildman–Crippen LogP) is 4.86. The highest BCUT2D eigenvalue weighted by Crippen LogP contribution is 3.02. The van der Waals surface area contributed by atoms with E-state index in [9.17, 15) is 42.7 Å². The lowest BCUT2D eigenvalue weighted by atomic mass is 10.1. The van der Waals surface area contributed by atoms with Gasteiger partial charge in [-0.2, -0.15) is 13.2 Å². The Kier molecular flexibility index (Phi) is 3.84. The van der Waals surface area contributed by atoms with E-state index in [1.54, 1.807) is 0 Å². The van der Waals surface area contributed by atoms with Gasteiger partial charge in [0.1, 0.15) is 4.90 Å². The molecule has 0 aromatic heterocycles. The third-order valence-electron chi connectivity index (χ3n) is 2.52. The maximum absolute atomic E-state index is 12.7. The summed E-state index contributed by atoms with van der Waals surface area (Å²) in [4.78, 5) is 6.07. The first-order valence-corrected chi connectivity index (χ1v) is 7.19. The minimum absolute atomic E-state index is 0.564. The van der Waals surface area contributed by atoms with Crippen LogP contribution in [0.2, 0.25) is 0 Å². The molecule has 1 aromatic carbocycles. The summed E-state index contributed by atoms with van der Waals surface area (Å²) >= 11 is 0. The third-order valence-corrected chi connectivity index (χ3v) is 3.65. The molecule has 0 amide bonds. The highest BCUT2D eigenvalue weighted by Gasteiger charge is 2.66. The fraction of sp³-hybridized carbons (Fsp3) is 0.333. The van der Waals surface area contributed by atoms with Crippen molar-refractivity contribution in [3.63, 3.8) is 0 Å². The molecule has 23 heavy (non-hydrogen) atoms. The Morgan fingerprint density at radius 2 is 1.70 bits per heavy atom. The second-order valence-corrected chi connectivity index (χ2v) is 6.64. The normalized spacial score (nSPS) is 17.1. The first-order chi connectivity index (χ1) is 9.88. The van der Waals surface area contributed by atoms with Crippen LogP contribution in [0, 0.1) is 10.1 Å². The van der Waals surface area contributed by atoms with Gasteiger partial charge in [-0.05, 0) is 6.07 Å². The van der Waals surface area contributed by atoms with E-state index in [0.29, 0.717) is 7.11 Å². The fourth-order valence-corrected chi connectivity index (χ4v) is 2.25. The lowest BCUT2D eigenvalue weighted by Crippen LogP contribution is -2.22. The van der Waals surface area contributed by atoms with Crippen LogP contribution in [0.15, 0.2) is 17.0 Å². The van der Waals surface area contributed by atoms with Crippen LogP contribution in [-0.4, -0.2) is 23.3 Å². The molecule has 1 unspecified atom stereocenters. The van der Waals surface area contributed by atoms with Crippen molar-refractivity contribution in [2.45, 2.75) is 17.2 Å². The summed E-state index contributed by atoms with van der Waals surface area (Å²) in [6, 6.07) is -1.36. The van der Waals surface area contributed by atoms with Crippen molar-refractivity contribution in [1.29, 1.82) is 0 Å². The van der Waals surface area contributed by atoms with Crippen molar-refractivity contribution in [3.05, 3.63) is 27.8 Å². The van der Waals surface area contributed by atoms with Crippen molar-refractivity contribution in [2.24, 2.45) is 0 Å². The van der Waals surface area contributed by atoms with E-state index in [4.69, 9.17) is 5.11 Å². The zero-order valence-electron chi connectivity index (χ0n) is 10.8. The third kappa shape index (κ3) is 4.13. The number of ether oxygens (including phenoxy) is 1. The number of nitro benzene ring substituents is 1. The molecule has 14 heteroatoms. The molecule has 0 heterocycles. The summed E-state index contributed by atoms with van der Waals surface area (Å²) in [7, 11) is -9.98. The van der Waals surface area contributed by atoms with Gasteiger partial charge in [0.05, 0.1) is 12.0 Å². The van der Waals surface area contributed by atoms with Crippen molar-refractivity contribution >= 4 is 15.9 Å². The van der Waals surface area contributed by atoms with Crippen molar-refractivity contribution in [1.82, 2.24) is 0 Å². The van der Waals surface area contributed by atoms with E-state index >= 15 is 0 Å². The Balaban J connectivity index is 3.90. The number of benzene rings is 1. The van der Waals surface area contributed by atoms with Gasteiger partial charge in [-0.25, -0.2) is 0 Å². The smallest absolute Gasteiger partial charge is 0.418 e. The van der Waals surface area contributed by atoms with E-state index in [2.05, 4.69) is 4.74 Å². The van der Waals surface area contributed by atoms with Crippen LogP contribution in [0.1, 0.15) is 11.7 Å². The zero-order chi connectivity index (χ0) is 18.5. The topological polar surface area (TPSA) is 72.6 Å². The van der Waals surface area contributed by atoms with Gasteiger partial charge in [0.25, 0.3) is 0 Å². The molecule has 1 aromatic rings. The van der Waals surface area contributed by atoms with Crippen LogP contribution >= 0.6 is 10.2 Å². The highest BCUT2D eigenvalue weighted by atomic mass is 32.5. The maximum Gasteiger partial charge on any atom is 0.418 e. The minimum atomic E-state index is -10.5. The molecule has 134 valence electrons. The average Bonchev–Trinajstić information content (AvgIpc) is 2.31. The summed E-state index contributed by atoms with van der Waals surface area (Å²) < 4.78 is 105. The van der Waals surface area contributed by atoms with E-state index in [1.165, 1.54) is 0 Å². The monoisotopic (exact) mass is 377 g/mol. The lowest BCUT2D eigenvalue weighted by Gasteiger charge is -2.40. The first-order valence-electron chi connectivity index (χ1n) is 5.23. The quantitative estimate of drug-likeness (QED) is 0.462. The van der Waals surface area contributed by atoms with Crippen LogP contribution in [0.4, 0.5) is 38.3 Å². The van der Waals surface area contributed by atoms with Crippen molar-refractivity contribution < 1.29 is 47.4 Å². The van der Waals surface area contributed by atoms with Gasteiger partial charge in [0.15, 0.2) is 6.10 Å². The molecule has 0 aliphatic heterocycles. The zero-order valence-corrected chi connectivity index (χ0v) is 11.6. The second-order valence-electron chi connectivity index (χ2n) is 4.24. The number of rotatable bonds is 4. The molecule has 0 saturated carbocycles. The number of hydrogen-bond acceptors (Lipinski definition) is 4. The number of halogens is 8. The number of alkyl halides is 3. The molecule has 0 saturated heterocycles. The van der Waals surface area contributed by atoms with Gasteiger partial charge < -0.3 is 9.84 Å². The van der Waals surface area contributed by atoms with Gasteiger partial charge in [-0.3, -0.25) is 10.1 Å². The van der Waals surface area contributed by atoms with Crippen molar-refractivity contribution in [2.75, 3.05) is 7.11 Å². The Hall–Kier alpha value is -1.83. The Morgan fingerprint density at radius 3 is 2.00 bits per heavy atom. The molecule has 1 rings (SSSR count). The predicted molar refractivity (Wildman–Crippen MR) is 62.1 cm³/mol. The molecular weight excluding hydrogens is 370 g/mol. The van der Waals surface area contributed by atoms with Crippen LogP contribution in [0.3, 0.4) is 0 Å². The molecule has 0 fully saturated rings. The van der Waals surface area contributed by atoms with E-state index in [0.717, 1.165) is 0 Å². The van der Waals surface area contributed by atoms with E-state index < -0.39 is 61.5 Å². The van der Waals surface area contributed by atoms with Gasteiger partial charge in [0.2, 0.25) is 5.75 Å². The first kappa shape index (κ1) is 19.2. The molecule has 1 atom stereocenters. The summed E-state index contributed by atoms with van der Waals surface area (Å²) in [6.45, 7) is 0. The number of nitro groups is 1. The van der Waals surface area contributed by atoms with Crippen LogP contribution < -0.4 is 4.74 Å². The number of hydrogen-bond donors (Lipinski definition) is 1. The van der Waals surface area contributed by atoms with Gasteiger partial charge in [0, 0.05) is 11.6 Å². The van der Waals surface area contributed by atoms with Gasteiger partial charge in [-0.15, -0.1) is 0 Å². The number of methoxy groups -OCH3 is 1. The van der Waals surface area contributed by atoms with E-state index in [-0.39, 0.29) is 0 Å². The van der Waals surface area contributed by atoms with Gasteiger partial charge in [-0.1, -0.05) is 19.4 Å². The Labute approximate surface area is 122 Å². The highest BCUT2D eigenvalue weighted by molar-refractivity contribution is 8.45. The molecule has 1 N–H and O–H groups in total. The van der Waals surface area contributed by atoms with Crippen LogP contribution in [0.25, 0.3) is 0 Å². The second kappa shape index (κ2) is 4.59. The Morgan fingerprint density at radius 1 is 1.22 bits per heavy atom. The SMILES string of the molecule is COc1c(C(O)C(F)(F)F)cc(S(F)(F)(F)(F)F)cc1[N+](=O)[O-]. The number of nitrogens with zero attached hydrogens (tertiary/aromatic N) is 1. The van der Waals surface area contributed by atoms with Gasteiger partial charge >= 0.3 is 22.1 Å². The average molecular weight is 377 g/mol. The summed E-state index contributed by atoms with van der Waals surface area (Å²) in [5.41, 5.74) is -3.64. The van der Waals surface area contributed by atoms with Crippen LogP contribution in [-0.2, 0) is 0 Å². The summed E-state index contributed by atoms with van der Waals surface area (Å²) in [6.07, 6.45) is -9.27. The summed E-state index contributed by atoms with van der Waals surface area (Å²) in [5, 5.41) is 19.7. The van der Waals surface area contributed by atoms with E-state index in [1.807, 2.05) is 0 Å². The van der Waals surface area contributed by atoms with Crippen molar-refractivity contribution in [3.8, 4) is 5.75 Å². The molecular formula is C9H7F8NO4S. The largest absolute Gasteiger partial charge is 0.490 e. The molecule has 0 aliphatic carbocycles. The number of aliphatic hydroxyl groups is 1. The maximum atomic E-state index is 12.7. The lowest BCUT2D eigenvalue weighted by molar-refractivity contribution is -0.386. The molecule has 0 spiro atoms. The molecule has 0 bridgehead atoms. The van der Waals surface area contributed by atoms with Crippen LogP contribution in [0.5, 0.6) is 5.75 Å². The minimum Gasteiger partial charge on any atom is -0.490 e. The standard InChI is InChI=1S/C9H7F8NO4S/c1-22-7-5(8(19)9(10,11)12)2-4(3-6(7)18(20)21)23(13,14,15,16)17/h2-3,8,19H,1H3. The number of aliphatic hydroxyl groups excluding tert-OH is 1. The fourth-order valence-electron chi connectivity index (χ4n) is 1.57. The Bertz CT molecular complexity index is 656. The summed E-state index contributed by atoms with van der Waals surface area (Å²) in [5.74, 6) is -1.41.